The number of anilines is 1. The lowest BCUT2D eigenvalue weighted by Crippen LogP contribution is -2.02. The molecule has 0 fully saturated rings. The normalized spacial score (nSPS) is 9.88. The van der Waals surface area contributed by atoms with Crippen LogP contribution >= 0.6 is 0 Å². The molecule has 0 saturated carbocycles. The Labute approximate surface area is 99.1 Å². The van der Waals surface area contributed by atoms with Crippen LogP contribution in [-0.4, -0.2) is 16.7 Å². The average molecular weight is 228 g/mol. The van der Waals surface area contributed by atoms with Crippen molar-refractivity contribution >= 4 is 5.69 Å². The van der Waals surface area contributed by atoms with E-state index >= 15 is 0 Å². The van der Waals surface area contributed by atoms with E-state index in [-0.39, 0.29) is 0 Å². The molecule has 86 valence electrons. The fraction of sp³-hybridized carbons (Fsp3) is 0.167. The lowest BCUT2D eigenvalue weighted by molar-refractivity contribution is 0.414. The van der Waals surface area contributed by atoms with Gasteiger partial charge in [0, 0.05) is 30.7 Å². The molecule has 0 spiro atoms. The van der Waals surface area contributed by atoms with Gasteiger partial charge in [0.25, 0.3) is 0 Å². The van der Waals surface area contributed by atoms with Gasteiger partial charge in [-0.05, 0) is 17.7 Å². The molecule has 5 heteroatoms. The van der Waals surface area contributed by atoms with Crippen LogP contribution in [0, 0.1) is 11.3 Å². The first-order valence-electron chi connectivity index (χ1n) is 5.07. The van der Waals surface area contributed by atoms with Crippen molar-refractivity contribution in [3.8, 4) is 11.8 Å². The van der Waals surface area contributed by atoms with Crippen LogP contribution in [0.3, 0.4) is 0 Å². The number of aromatic nitrogens is 2. The van der Waals surface area contributed by atoms with Crippen LogP contribution in [0.15, 0.2) is 30.6 Å². The second kappa shape index (κ2) is 4.58. The number of nitrogen functional groups attached to an aromatic ring is 1. The third kappa shape index (κ3) is 2.37. The lowest BCUT2D eigenvalue weighted by atomic mass is 10.2. The van der Waals surface area contributed by atoms with Crippen LogP contribution in [-0.2, 0) is 6.54 Å². The fourth-order valence-electron chi connectivity index (χ4n) is 1.64. The Bertz CT molecular complexity index is 568. The molecule has 0 atom stereocenters. The van der Waals surface area contributed by atoms with E-state index in [1.807, 2.05) is 18.2 Å². The van der Waals surface area contributed by atoms with Gasteiger partial charge in [-0.25, -0.2) is 4.98 Å². The van der Waals surface area contributed by atoms with Crippen LogP contribution in [0.2, 0.25) is 0 Å². The summed E-state index contributed by atoms with van der Waals surface area (Å²) in [4.78, 5) is 3.94. The molecule has 2 N–H and O–H groups in total. The molecule has 0 aliphatic heterocycles. The minimum Gasteiger partial charge on any atom is -0.497 e. The van der Waals surface area contributed by atoms with Gasteiger partial charge in [0.15, 0.2) is 0 Å². The SMILES string of the molecule is COc1cc(N)cc(Cn2ccnc2C#N)c1. The van der Waals surface area contributed by atoms with Crippen molar-refractivity contribution in [3.63, 3.8) is 0 Å². The Balaban J connectivity index is 2.30. The molecule has 0 aliphatic carbocycles. The first kappa shape index (κ1) is 11.0. The third-order valence-corrected chi connectivity index (χ3v) is 2.39. The van der Waals surface area contributed by atoms with Gasteiger partial charge in [-0.3, -0.25) is 0 Å². The summed E-state index contributed by atoms with van der Waals surface area (Å²) in [6, 6.07) is 7.52. The molecule has 0 aliphatic rings. The number of nitriles is 1. The maximum absolute atomic E-state index is 8.86. The van der Waals surface area contributed by atoms with Gasteiger partial charge in [0.1, 0.15) is 11.8 Å². The van der Waals surface area contributed by atoms with Gasteiger partial charge in [-0.15, -0.1) is 0 Å². The second-order valence-electron chi connectivity index (χ2n) is 3.60. The van der Waals surface area contributed by atoms with E-state index in [0.29, 0.717) is 23.8 Å². The van der Waals surface area contributed by atoms with Crippen LogP contribution < -0.4 is 10.5 Å². The predicted octanol–water partition coefficient (Wildman–Crippen LogP) is 1.39. The topological polar surface area (TPSA) is 76.9 Å². The fourth-order valence-corrected chi connectivity index (χ4v) is 1.64. The Hall–Kier alpha value is -2.48. The summed E-state index contributed by atoms with van der Waals surface area (Å²) >= 11 is 0. The number of nitrogens with two attached hydrogens (primary N) is 1. The molecule has 1 aromatic heterocycles. The highest BCUT2D eigenvalue weighted by Gasteiger charge is 2.04. The monoisotopic (exact) mass is 228 g/mol. The number of ether oxygens (including phenoxy) is 1. The van der Waals surface area contributed by atoms with Crippen LogP contribution in [0.5, 0.6) is 5.75 Å². The highest BCUT2D eigenvalue weighted by Crippen LogP contribution is 2.19. The van der Waals surface area contributed by atoms with Crippen LogP contribution in [0.4, 0.5) is 5.69 Å². The largest absolute Gasteiger partial charge is 0.497 e. The number of imidazole rings is 1. The molecule has 1 aromatic carbocycles. The van der Waals surface area contributed by atoms with E-state index in [1.54, 1.807) is 30.1 Å². The average Bonchev–Trinajstić information content (AvgIpc) is 2.75. The molecular formula is C12H12N4O. The number of benzene rings is 1. The van der Waals surface area contributed by atoms with Crippen LogP contribution in [0.25, 0.3) is 0 Å². The van der Waals surface area contributed by atoms with Crippen molar-refractivity contribution in [2.45, 2.75) is 6.54 Å². The molecule has 0 radical (unpaired) electrons. The maximum atomic E-state index is 8.86. The Morgan fingerprint density at radius 3 is 3.00 bits per heavy atom. The number of methoxy groups -OCH3 is 1. The van der Waals surface area contributed by atoms with Crippen molar-refractivity contribution in [3.05, 3.63) is 42.0 Å². The second-order valence-corrected chi connectivity index (χ2v) is 3.60. The minimum atomic E-state index is 0.381. The number of hydrogen-bond acceptors (Lipinski definition) is 4. The van der Waals surface area contributed by atoms with Gasteiger partial charge in [0.2, 0.25) is 5.82 Å². The molecule has 0 amide bonds. The molecule has 5 nitrogen and oxygen atoms in total. The zero-order chi connectivity index (χ0) is 12.3. The van der Waals surface area contributed by atoms with Crippen LogP contribution in [0.1, 0.15) is 11.4 Å². The van der Waals surface area contributed by atoms with E-state index in [0.717, 1.165) is 5.56 Å². The molecule has 0 saturated heterocycles. The van der Waals surface area contributed by atoms with Gasteiger partial charge < -0.3 is 15.0 Å². The Morgan fingerprint density at radius 1 is 1.47 bits per heavy atom. The first-order chi connectivity index (χ1) is 8.22. The van der Waals surface area contributed by atoms with E-state index in [1.165, 1.54) is 0 Å². The summed E-state index contributed by atoms with van der Waals surface area (Å²) in [6.07, 6.45) is 3.36. The molecule has 17 heavy (non-hydrogen) atoms. The highest BCUT2D eigenvalue weighted by molar-refractivity contribution is 5.47. The maximum Gasteiger partial charge on any atom is 0.213 e. The third-order valence-electron chi connectivity index (χ3n) is 2.39. The molecule has 2 rings (SSSR count). The van der Waals surface area contributed by atoms with Crippen molar-refractivity contribution in [1.29, 1.82) is 5.26 Å². The lowest BCUT2D eigenvalue weighted by Gasteiger charge is -2.07. The predicted molar refractivity (Wildman–Crippen MR) is 63.5 cm³/mol. The van der Waals surface area contributed by atoms with Gasteiger partial charge >= 0.3 is 0 Å². The minimum absolute atomic E-state index is 0.381. The Kier molecular flexibility index (Phi) is 2.97. The number of rotatable bonds is 3. The molecule has 0 unspecified atom stereocenters. The van der Waals surface area contributed by atoms with E-state index in [9.17, 15) is 0 Å². The molecule has 2 aromatic rings. The summed E-state index contributed by atoms with van der Waals surface area (Å²) in [5, 5.41) is 8.86. The number of nitrogens with zero attached hydrogens (tertiary/aromatic N) is 3. The summed E-state index contributed by atoms with van der Waals surface area (Å²) in [5.74, 6) is 1.09. The number of hydrogen-bond donors (Lipinski definition) is 1. The zero-order valence-corrected chi connectivity index (χ0v) is 9.42. The van der Waals surface area contributed by atoms with Crippen molar-refractivity contribution < 1.29 is 4.74 Å². The zero-order valence-electron chi connectivity index (χ0n) is 9.42. The van der Waals surface area contributed by atoms with E-state index in [2.05, 4.69) is 4.98 Å². The van der Waals surface area contributed by atoms with Crippen molar-refractivity contribution in [2.24, 2.45) is 0 Å². The summed E-state index contributed by atoms with van der Waals surface area (Å²) in [7, 11) is 1.59. The summed E-state index contributed by atoms with van der Waals surface area (Å²) in [5.41, 5.74) is 7.37. The molecular weight excluding hydrogens is 216 g/mol. The Morgan fingerprint density at radius 2 is 2.29 bits per heavy atom. The summed E-state index contributed by atoms with van der Waals surface area (Å²) in [6.45, 7) is 0.546. The smallest absolute Gasteiger partial charge is 0.213 e. The standard InChI is InChI=1S/C12H12N4O/c1-17-11-5-9(4-10(14)6-11)8-16-3-2-15-12(16)7-13/h2-6H,8,14H2,1H3. The first-order valence-corrected chi connectivity index (χ1v) is 5.07. The van der Waals surface area contributed by atoms with E-state index < -0.39 is 0 Å². The van der Waals surface area contributed by atoms with Gasteiger partial charge in [-0.2, -0.15) is 5.26 Å². The van der Waals surface area contributed by atoms with E-state index in [4.69, 9.17) is 15.7 Å². The summed E-state index contributed by atoms with van der Waals surface area (Å²) < 4.78 is 6.90. The van der Waals surface area contributed by atoms with Crippen molar-refractivity contribution in [2.75, 3.05) is 12.8 Å². The quantitative estimate of drug-likeness (QED) is 0.805. The highest BCUT2D eigenvalue weighted by atomic mass is 16.5. The van der Waals surface area contributed by atoms with Crippen molar-refractivity contribution in [1.82, 2.24) is 9.55 Å². The van der Waals surface area contributed by atoms with Gasteiger partial charge in [-0.1, -0.05) is 0 Å². The van der Waals surface area contributed by atoms with Gasteiger partial charge in [0.05, 0.1) is 7.11 Å². The molecule has 1 heterocycles. The molecule has 0 bridgehead atoms.